The highest BCUT2D eigenvalue weighted by atomic mass is 32.2. The Morgan fingerprint density at radius 3 is 2.26 bits per heavy atom. The molecule has 42 heavy (non-hydrogen) atoms. The van der Waals surface area contributed by atoms with Crippen LogP contribution in [0.4, 0.5) is 0 Å². The van der Waals surface area contributed by atoms with E-state index < -0.39 is 12.0 Å². The fraction of sp³-hybridized carbons (Fsp3) is 0.242. The number of thioether (sulfide) groups is 1. The Balaban J connectivity index is 1.46. The molecule has 0 spiro atoms. The second kappa shape index (κ2) is 13.0. The van der Waals surface area contributed by atoms with Crippen molar-refractivity contribution in [2.45, 2.75) is 32.5 Å². The van der Waals surface area contributed by atoms with E-state index in [-0.39, 0.29) is 18.9 Å². The van der Waals surface area contributed by atoms with Crippen LogP contribution >= 0.6 is 11.8 Å². The first-order valence-electron chi connectivity index (χ1n) is 13.5. The number of amidine groups is 1. The molecule has 8 nitrogen and oxygen atoms in total. The van der Waals surface area contributed by atoms with Crippen LogP contribution in [0.3, 0.4) is 0 Å². The van der Waals surface area contributed by atoms with Gasteiger partial charge in [-0.3, -0.25) is 4.79 Å². The van der Waals surface area contributed by atoms with Gasteiger partial charge >= 0.3 is 5.97 Å². The van der Waals surface area contributed by atoms with Gasteiger partial charge < -0.3 is 24.0 Å². The summed E-state index contributed by atoms with van der Waals surface area (Å²) in [6, 6.07) is 24.4. The standard InChI is InChI=1S/C33H33N3O5S/c1-22-30(32(38)41-20-24-13-9-6-10-14-24)31(25-15-16-27(39-3)28(17-25)40-4)36-26(21-42-33(36)34-22)18-29(37)35(2)19-23-11-7-5-8-12-23/h5-17,21,31H,18-20H2,1-4H3. The van der Waals surface area contributed by atoms with Gasteiger partial charge in [0, 0.05) is 19.3 Å². The first-order valence-corrected chi connectivity index (χ1v) is 14.4. The minimum atomic E-state index is -0.589. The molecule has 0 aliphatic carbocycles. The van der Waals surface area contributed by atoms with E-state index in [0.717, 1.165) is 22.4 Å². The number of benzene rings is 3. The topological polar surface area (TPSA) is 80.7 Å². The summed E-state index contributed by atoms with van der Waals surface area (Å²) in [5.41, 5.74) is 4.44. The summed E-state index contributed by atoms with van der Waals surface area (Å²) in [6.07, 6.45) is 0.143. The molecule has 0 radical (unpaired) electrons. The maximum atomic E-state index is 13.7. The van der Waals surface area contributed by atoms with Crippen LogP contribution in [-0.4, -0.2) is 48.1 Å². The van der Waals surface area contributed by atoms with Crippen molar-refractivity contribution in [3.8, 4) is 11.5 Å². The van der Waals surface area contributed by atoms with E-state index in [4.69, 9.17) is 19.2 Å². The van der Waals surface area contributed by atoms with E-state index in [1.165, 1.54) is 11.8 Å². The zero-order valence-electron chi connectivity index (χ0n) is 24.1. The van der Waals surface area contributed by atoms with Crippen LogP contribution < -0.4 is 9.47 Å². The highest BCUT2D eigenvalue weighted by Crippen LogP contribution is 2.46. The summed E-state index contributed by atoms with van der Waals surface area (Å²) in [7, 11) is 4.95. The molecule has 0 saturated heterocycles. The second-order valence-electron chi connectivity index (χ2n) is 9.98. The number of hydrogen-bond donors (Lipinski definition) is 0. The van der Waals surface area contributed by atoms with Crippen molar-refractivity contribution in [3.05, 3.63) is 118 Å². The number of amides is 1. The first-order chi connectivity index (χ1) is 20.4. The highest BCUT2D eigenvalue weighted by Gasteiger charge is 2.41. The predicted molar refractivity (Wildman–Crippen MR) is 164 cm³/mol. The molecule has 0 fully saturated rings. The van der Waals surface area contributed by atoms with E-state index in [1.54, 1.807) is 26.2 Å². The number of allylic oxidation sites excluding steroid dienone is 1. The third-order valence-electron chi connectivity index (χ3n) is 7.18. The zero-order valence-corrected chi connectivity index (χ0v) is 24.9. The molecular formula is C33H33N3O5S. The monoisotopic (exact) mass is 583 g/mol. The van der Waals surface area contributed by atoms with Crippen LogP contribution in [0.25, 0.3) is 0 Å². The molecule has 5 rings (SSSR count). The number of methoxy groups -OCH3 is 2. The van der Waals surface area contributed by atoms with E-state index in [0.29, 0.717) is 34.5 Å². The summed E-state index contributed by atoms with van der Waals surface area (Å²) in [4.78, 5) is 35.6. The Morgan fingerprint density at radius 1 is 0.929 bits per heavy atom. The predicted octanol–water partition coefficient (Wildman–Crippen LogP) is 6.07. The molecular weight excluding hydrogens is 550 g/mol. The normalized spacial score (nSPS) is 15.9. The van der Waals surface area contributed by atoms with E-state index in [2.05, 4.69) is 0 Å². The number of carbonyl (C=O) groups excluding carboxylic acids is 2. The van der Waals surface area contributed by atoms with Crippen molar-refractivity contribution in [3.63, 3.8) is 0 Å². The SMILES string of the molecule is COc1ccc(C2C(C(=O)OCc3ccccc3)=C(C)N=C3SC=C(CC(=O)N(C)Cc4ccccc4)N32)cc1OC. The molecule has 0 N–H and O–H groups in total. The number of nitrogens with zero attached hydrogens (tertiary/aromatic N) is 3. The fourth-order valence-corrected chi connectivity index (χ4v) is 5.97. The van der Waals surface area contributed by atoms with Crippen LogP contribution in [0.15, 0.2) is 106 Å². The van der Waals surface area contributed by atoms with E-state index >= 15 is 0 Å². The maximum absolute atomic E-state index is 13.7. The fourth-order valence-electron chi connectivity index (χ4n) is 5.01. The molecule has 9 heteroatoms. The van der Waals surface area contributed by atoms with Gasteiger partial charge in [-0.2, -0.15) is 0 Å². The first kappa shape index (κ1) is 29.0. The van der Waals surface area contributed by atoms with Crippen LogP contribution in [-0.2, 0) is 27.5 Å². The molecule has 3 aromatic rings. The molecule has 1 unspecified atom stereocenters. The van der Waals surface area contributed by atoms with Crippen molar-refractivity contribution in [1.82, 2.24) is 9.80 Å². The lowest BCUT2D eigenvalue weighted by molar-refractivity contribution is -0.141. The van der Waals surface area contributed by atoms with E-state index in [9.17, 15) is 9.59 Å². The summed E-state index contributed by atoms with van der Waals surface area (Å²) >= 11 is 1.44. The lowest BCUT2D eigenvalue weighted by Gasteiger charge is -2.36. The van der Waals surface area contributed by atoms with Crippen LogP contribution in [0.1, 0.15) is 36.1 Å². The summed E-state index contributed by atoms with van der Waals surface area (Å²) in [6.45, 7) is 2.44. The van der Waals surface area contributed by atoms with Gasteiger partial charge in [-0.25, -0.2) is 9.79 Å². The third-order valence-corrected chi connectivity index (χ3v) is 8.07. The number of esters is 1. The average molecular weight is 584 g/mol. The minimum absolute atomic E-state index is 0.0440. The maximum Gasteiger partial charge on any atom is 0.338 e. The van der Waals surface area contributed by atoms with Crippen LogP contribution in [0.5, 0.6) is 11.5 Å². The van der Waals surface area contributed by atoms with Gasteiger partial charge in [0.1, 0.15) is 6.61 Å². The summed E-state index contributed by atoms with van der Waals surface area (Å²) in [5, 5.41) is 2.63. The Morgan fingerprint density at radius 2 is 1.60 bits per heavy atom. The zero-order chi connectivity index (χ0) is 29.6. The van der Waals surface area contributed by atoms with Gasteiger partial charge in [-0.15, -0.1) is 0 Å². The largest absolute Gasteiger partial charge is 0.493 e. The Bertz CT molecular complexity index is 1550. The molecule has 2 aliphatic heterocycles. The number of rotatable bonds is 10. The molecule has 2 heterocycles. The van der Waals surface area contributed by atoms with Crippen molar-refractivity contribution >= 4 is 28.8 Å². The minimum Gasteiger partial charge on any atom is -0.493 e. The summed E-state index contributed by atoms with van der Waals surface area (Å²) < 4.78 is 16.9. The molecule has 1 atom stereocenters. The number of ether oxygens (including phenoxy) is 3. The Kier molecular flexibility index (Phi) is 8.97. The Labute approximate surface area is 250 Å². The van der Waals surface area contributed by atoms with E-state index in [1.807, 2.05) is 96.1 Å². The van der Waals surface area contributed by atoms with Gasteiger partial charge in [0.2, 0.25) is 5.91 Å². The second-order valence-corrected chi connectivity index (χ2v) is 10.8. The molecule has 0 saturated carbocycles. The van der Waals surface area contributed by atoms with Gasteiger partial charge in [0.05, 0.1) is 38.0 Å². The van der Waals surface area contributed by atoms with Crippen molar-refractivity contribution < 1.29 is 23.8 Å². The van der Waals surface area contributed by atoms with Gasteiger partial charge in [-0.1, -0.05) is 78.5 Å². The molecule has 0 aromatic heterocycles. The Hall–Kier alpha value is -4.50. The average Bonchev–Trinajstić information content (AvgIpc) is 3.41. The lowest BCUT2D eigenvalue weighted by atomic mass is 9.93. The third kappa shape index (κ3) is 6.21. The molecule has 0 bridgehead atoms. The lowest BCUT2D eigenvalue weighted by Crippen LogP contribution is -2.38. The number of fused-ring (bicyclic) bond motifs is 1. The smallest absolute Gasteiger partial charge is 0.338 e. The highest BCUT2D eigenvalue weighted by molar-refractivity contribution is 8.16. The van der Waals surface area contributed by atoms with Crippen LogP contribution in [0, 0.1) is 0 Å². The number of hydrogen-bond acceptors (Lipinski definition) is 8. The van der Waals surface area contributed by atoms with Crippen molar-refractivity contribution in [1.29, 1.82) is 0 Å². The summed E-state index contributed by atoms with van der Waals surface area (Å²) in [5.74, 6) is 0.592. The molecule has 2 aliphatic rings. The molecule has 1 amide bonds. The van der Waals surface area contributed by atoms with Gasteiger partial charge in [0.15, 0.2) is 16.7 Å². The molecule has 3 aromatic carbocycles. The number of aliphatic imine (C=N–C) groups is 1. The van der Waals surface area contributed by atoms with Crippen molar-refractivity contribution in [2.75, 3.05) is 21.3 Å². The quantitative estimate of drug-likeness (QED) is 0.268. The van der Waals surface area contributed by atoms with Gasteiger partial charge in [0.25, 0.3) is 0 Å². The van der Waals surface area contributed by atoms with Crippen molar-refractivity contribution in [2.24, 2.45) is 4.99 Å². The number of carbonyl (C=O) groups is 2. The van der Waals surface area contributed by atoms with Gasteiger partial charge in [-0.05, 0) is 41.2 Å². The molecule has 216 valence electrons. The van der Waals surface area contributed by atoms with Crippen LogP contribution in [0.2, 0.25) is 0 Å².